The fraction of sp³-hybridized carbons (Fsp3) is 0.167. The fourth-order valence-electron chi connectivity index (χ4n) is 0.826. The Morgan fingerprint density at radius 2 is 2.21 bits per heavy atom. The van der Waals surface area contributed by atoms with Crippen molar-refractivity contribution in [2.24, 2.45) is 0 Å². The minimum atomic E-state index is -3.03. The molecule has 0 spiro atoms. The van der Waals surface area contributed by atoms with Crippen LogP contribution >= 0.6 is 0 Å². The van der Waals surface area contributed by atoms with Crippen LogP contribution in [0.3, 0.4) is 0 Å². The summed E-state index contributed by atoms with van der Waals surface area (Å²) in [7, 11) is 0. The summed E-state index contributed by atoms with van der Waals surface area (Å²) in [5.74, 6) is -1.05. The van der Waals surface area contributed by atoms with Gasteiger partial charge in [-0.3, -0.25) is 10.1 Å². The van der Waals surface area contributed by atoms with E-state index in [1.165, 1.54) is 0 Å². The molecule has 1 aromatic heterocycles. The molecule has 6 nitrogen and oxygen atoms in total. The summed E-state index contributed by atoms with van der Waals surface area (Å²) in [5, 5.41) is 19.3. The summed E-state index contributed by atoms with van der Waals surface area (Å²) in [6, 6.07) is 0. The van der Waals surface area contributed by atoms with Crippen LogP contribution in [0.2, 0.25) is 0 Å². The van der Waals surface area contributed by atoms with Gasteiger partial charge in [0.1, 0.15) is 6.20 Å². The molecule has 76 valence electrons. The zero-order chi connectivity index (χ0) is 10.9. The van der Waals surface area contributed by atoms with E-state index >= 15 is 0 Å². The van der Waals surface area contributed by atoms with Crippen molar-refractivity contribution in [3.8, 4) is 5.75 Å². The predicted molar refractivity (Wildman–Crippen MR) is 41.9 cm³/mol. The van der Waals surface area contributed by atoms with Crippen molar-refractivity contribution in [3.63, 3.8) is 0 Å². The molecule has 1 rings (SSSR count). The lowest BCUT2D eigenvalue weighted by Gasteiger charge is -2.04. The first-order chi connectivity index (χ1) is 6.45. The summed E-state index contributed by atoms with van der Waals surface area (Å²) < 4.78 is 24.2. The number of halogens is 2. The maximum atomic E-state index is 12.1. The molecule has 0 unspecified atom stereocenters. The van der Waals surface area contributed by atoms with Gasteiger partial charge in [0.25, 0.3) is 6.43 Å². The van der Waals surface area contributed by atoms with E-state index in [2.05, 4.69) is 4.98 Å². The number of nitrogen functional groups attached to an aromatic ring is 1. The average Bonchev–Trinajstić information content (AvgIpc) is 2.08. The Morgan fingerprint density at radius 3 is 2.64 bits per heavy atom. The molecule has 14 heavy (non-hydrogen) atoms. The van der Waals surface area contributed by atoms with Crippen molar-refractivity contribution in [2.75, 3.05) is 5.73 Å². The fourth-order valence-corrected chi connectivity index (χ4v) is 0.826. The first kappa shape index (κ1) is 10.1. The number of aromatic nitrogens is 1. The quantitative estimate of drug-likeness (QED) is 0.558. The SMILES string of the molecule is Nc1c([N+](=O)[O-])cnc(C(F)F)c1O. The Hall–Kier alpha value is -1.99. The van der Waals surface area contributed by atoms with Gasteiger partial charge in [-0.1, -0.05) is 0 Å². The van der Waals surface area contributed by atoms with Gasteiger partial charge in [0.15, 0.2) is 17.1 Å². The third-order valence-electron chi connectivity index (χ3n) is 1.50. The van der Waals surface area contributed by atoms with Gasteiger partial charge in [0.2, 0.25) is 0 Å². The maximum absolute atomic E-state index is 12.1. The zero-order valence-corrected chi connectivity index (χ0v) is 6.65. The highest BCUT2D eigenvalue weighted by molar-refractivity contribution is 5.66. The second-order valence-electron chi connectivity index (χ2n) is 2.35. The number of aromatic hydroxyl groups is 1. The molecule has 1 aromatic rings. The van der Waals surface area contributed by atoms with Gasteiger partial charge in [-0.05, 0) is 0 Å². The van der Waals surface area contributed by atoms with Crippen molar-refractivity contribution >= 4 is 11.4 Å². The van der Waals surface area contributed by atoms with Gasteiger partial charge in [-0.15, -0.1) is 0 Å². The third-order valence-corrected chi connectivity index (χ3v) is 1.50. The van der Waals surface area contributed by atoms with Gasteiger partial charge in [0.05, 0.1) is 4.92 Å². The monoisotopic (exact) mass is 205 g/mol. The minimum absolute atomic E-state index is 0.580. The Morgan fingerprint density at radius 1 is 1.64 bits per heavy atom. The predicted octanol–water partition coefficient (Wildman–Crippen LogP) is 1.22. The molecule has 0 radical (unpaired) electrons. The molecule has 0 saturated heterocycles. The Balaban J connectivity index is 3.33. The lowest BCUT2D eigenvalue weighted by molar-refractivity contribution is -0.384. The van der Waals surface area contributed by atoms with E-state index in [0.717, 1.165) is 0 Å². The smallest absolute Gasteiger partial charge is 0.314 e. The lowest BCUT2D eigenvalue weighted by Crippen LogP contribution is -2.01. The van der Waals surface area contributed by atoms with Crippen LogP contribution in [-0.2, 0) is 0 Å². The summed E-state index contributed by atoms with van der Waals surface area (Å²) in [5.41, 5.74) is 2.68. The summed E-state index contributed by atoms with van der Waals surface area (Å²) in [4.78, 5) is 12.4. The van der Waals surface area contributed by atoms with E-state index in [0.29, 0.717) is 6.20 Å². The first-order valence-electron chi connectivity index (χ1n) is 3.35. The molecule has 0 saturated carbocycles. The van der Waals surface area contributed by atoms with E-state index in [4.69, 9.17) is 10.8 Å². The van der Waals surface area contributed by atoms with Crippen LogP contribution in [0.4, 0.5) is 20.2 Å². The first-order valence-corrected chi connectivity index (χ1v) is 3.35. The highest BCUT2D eigenvalue weighted by atomic mass is 19.3. The van der Waals surface area contributed by atoms with Crippen LogP contribution in [0.5, 0.6) is 5.75 Å². The standard InChI is InChI=1S/C6H5F2N3O3/c7-6(8)4-5(12)3(9)2(1-10-4)11(13)14/h1,6,12H,(H2,9,10). The largest absolute Gasteiger partial charge is 0.504 e. The van der Waals surface area contributed by atoms with Crippen LogP contribution < -0.4 is 5.73 Å². The molecule has 0 fully saturated rings. The maximum Gasteiger partial charge on any atom is 0.314 e. The number of pyridine rings is 1. The third kappa shape index (κ3) is 1.53. The molecule has 0 aliphatic rings. The Bertz CT molecular complexity index is 383. The number of nitrogens with two attached hydrogens (primary N) is 1. The molecular formula is C6H5F2N3O3. The number of anilines is 1. The van der Waals surface area contributed by atoms with Crippen molar-refractivity contribution < 1.29 is 18.8 Å². The molecule has 0 bridgehead atoms. The summed E-state index contributed by atoms with van der Waals surface area (Å²) in [6.45, 7) is 0. The highest BCUT2D eigenvalue weighted by Gasteiger charge is 2.23. The number of hydrogen-bond donors (Lipinski definition) is 2. The molecule has 3 N–H and O–H groups in total. The van der Waals surface area contributed by atoms with Crippen LogP contribution in [0, 0.1) is 10.1 Å². The Kier molecular flexibility index (Phi) is 2.45. The van der Waals surface area contributed by atoms with Crippen LogP contribution in [0.25, 0.3) is 0 Å². The lowest BCUT2D eigenvalue weighted by atomic mass is 10.2. The second kappa shape index (κ2) is 3.40. The number of hydrogen-bond acceptors (Lipinski definition) is 5. The molecular weight excluding hydrogens is 200 g/mol. The van der Waals surface area contributed by atoms with Crippen molar-refractivity contribution in [3.05, 3.63) is 22.0 Å². The molecule has 8 heteroatoms. The Labute approximate surface area is 76.1 Å². The molecule has 0 aliphatic heterocycles. The summed E-state index contributed by atoms with van der Waals surface area (Å²) >= 11 is 0. The van der Waals surface area contributed by atoms with Crippen LogP contribution in [0.15, 0.2) is 6.20 Å². The number of rotatable bonds is 2. The molecule has 1 heterocycles. The molecule has 0 aliphatic carbocycles. The number of nitro groups is 1. The summed E-state index contributed by atoms with van der Waals surface area (Å²) in [6.07, 6.45) is -2.45. The van der Waals surface area contributed by atoms with E-state index in [9.17, 15) is 18.9 Å². The van der Waals surface area contributed by atoms with Gasteiger partial charge in [-0.2, -0.15) is 0 Å². The normalized spacial score (nSPS) is 10.5. The molecule has 0 atom stereocenters. The second-order valence-corrected chi connectivity index (χ2v) is 2.35. The minimum Gasteiger partial charge on any atom is -0.504 e. The number of alkyl halides is 2. The molecule has 0 aromatic carbocycles. The zero-order valence-electron chi connectivity index (χ0n) is 6.65. The number of nitrogens with zero attached hydrogens (tertiary/aromatic N) is 2. The highest BCUT2D eigenvalue weighted by Crippen LogP contribution is 2.36. The van der Waals surface area contributed by atoms with Gasteiger partial charge >= 0.3 is 5.69 Å². The van der Waals surface area contributed by atoms with Crippen LogP contribution in [0.1, 0.15) is 12.1 Å². The van der Waals surface area contributed by atoms with Gasteiger partial charge in [0, 0.05) is 0 Å². The van der Waals surface area contributed by atoms with Gasteiger partial charge < -0.3 is 10.8 Å². The van der Waals surface area contributed by atoms with E-state index < -0.39 is 34.2 Å². The average molecular weight is 205 g/mol. The van der Waals surface area contributed by atoms with Gasteiger partial charge in [-0.25, -0.2) is 13.8 Å². The van der Waals surface area contributed by atoms with Crippen LogP contribution in [-0.4, -0.2) is 15.0 Å². The van der Waals surface area contributed by atoms with E-state index in [-0.39, 0.29) is 0 Å². The topological polar surface area (TPSA) is 102 Å². The molecule has 0 amide bonds. The van der Waals surface area contributed by atoms with E-state index in [1.54, 1.807) is 0 Å². The van der Waals surface area contributed by atoms with Crippen molar-refractivity contribution in [1.82, 2.24) is 4.98 Å². The van der Waals surface area contributed by atoms with Crippen molar-refractivity contribution in [2.45, 2.75) is 6.43 Å². The van der Waals surface area contributed by atoms with E-state index in [1.807, 2.05) is 0 Å². The van der Waals surface area contributed by atoms with Crippen molar-refractivity contribution in [1.29, 1.82) is 0 Å².